The minimum Gasteiger partial charge on any atom is -0.357 e. The van der Waals surface area contributed by atoms with Gasteiger partial charge in [0.25, 0.3) is 0 Å². The zero-order chi connectivity index (χ0) is 13.5. The molecule has 0 unspecified atom stereocenters. The molecular weight excluding hydrogens is 299 g/mol. The summed E-state index contributed by atoms with van der Waals surface area (Å²) in [6, 6.07) is 3.47. The Bertz CT molecular complexity index is 380. The maximum Gasteiger partial charge on any atom is 0.236 e. The van der Waals surface area contributed by atoms with Gasteiger partial charge in [0.1, 0.15) is 5.82 Å². The second kappa shape index (κ2) is 10.7. The van der Waals surface area contributed by atoms with Gasteiger partial charge in [-0.15, -0.1) is 24.8 Å². The molecule has 0 fully saturated rings. The summed E-state index contributed by atoms with van der Waals surface area (Å²) in [5, 5.41) is 2.76. The Morgan fingerprint density at radius 1 is 1.35 bits per heavy atom. The van der Waals surface area contributed by atoms with E-state index in [1.165, 1.54) is 0 Å². The van der Waals surface area contributed by atoms with Gasteiger partial charge in [0.2, 0.25) is 5.91 Å². The van der Waals surface area contributed by atoms with Crippen LogP contribution in [0.15, 0.2) is 18.3 Å². The number of amides is 1. The fraction of sp³-hybridized carbons (Fsp3) is 0.538. The van der Waals surface area contributed by atoms with Crippen molar-refractivity contribution in [3.8, 4) is 0 Å². The van der Waals surface area contributed by atoms with Crippen molar-refractivity contribution in [3.05, 3.63) is 23.9 Å². The maximum atomic E-state index is 11.3. The Morgan fingerprint density at radius 3 is 2.35 bits per heavy atom. The van der Waals surface area contributed by atoms with E-state index in [1.54, 1.807) is 13.1 Å². The van der Waals surface area contributed by atoms with Crippen LogP contribution in [-0.2, 0) is 11.3 Å². The molecule has 1 aromatic rings. The van der Waals surface area contributed by atoms with E-state index in [1.807, 2.05) is 12.1 Å². The van der Waals surface area contributed by atoms with Gasteiger partial charge in [-0.25, -0.2) is 4.98 Å². The van der Waals surface area contributed by atoms with E-state index in [-0.39, 0.29) is 30.7 Å². The Labute approximate surface area is 133 Å². The molecule has 0 spiro atoms. The first-order valence-electron chi connectivity index (χ1n) is 6.31. The topological polar surface area (TPSA) is 71.2 Å². The number of anilines is 1. The highest BCUT2D eigenvalue weighted by Crippen LogP contribution is 2.10. The first-order valence-corrected chi connectivity index (χ1v) is 6.31. The predicted molar refractivity (Wildman–Crippen MR) is 87.8 cm³/mol. The van der Waals surface area contributed by atoms with Crippen LogP contribution in [0.1, 0.15) is 26.3 Å². The minimum absolute atomic E-state index is 0. The Balaban J connectivity index is 0. The molecule has 1 rings (SSSR count). The smallest absolute Gasteiger partial charge is 0.236 e. The summed E-state index contributed by atoms with van der Waals surface area (Å²) < 4.78 is 0. The number of nitrogens with two attached hydrogens (primary N) is 1. The van der Waals surface area contributed by atoms with Gasteiger partial charge in [-0.1, -0.05) is 6.07 Å². The lowest BCUT2D eigenvalue weighted by atomic mass is 10.2. The highest BCUT2D eigenvalue weighted by molar-refractivity contribution is 5.85. The van der Waals surface area contributed by atoms with Crippen molar-refractivity contribution < 1.29 is 4.79 Å². The fourth-order valence-corrected chi connectivity index (χ4v) is 1.61. The van der Waals surface area contributed by atoms with Crippen LogP contribution in [0.2, 0.25) is 0 Å². The Kier molecular flexibility index (Phi) is 11.4. The standard InChI is InChI=1S/C13H22N4O.2ClH/c1-4-17(5-2)12-7-6-11(8-15-12)9-16-13(18)10(3)14;;/h6-8,10H,4-5,9,14H2,1-3H3,(H,16,18);2*1H/t10-;;/m1../s1. The molecule has 20 heavy (non-hydrogen) atoms. The first-order chi connectivity index (χ1) is 8.58. The quantitative estimate of drug-likeness (QED) is 0.836. The third kappa shape index (κ3) is 6.41. The number of aromatic nitrogens is 1. The number of rotatable bonds is 6. The van der Waals surface area contributed by atoms with Crippen molar-refractivity contribution in [2.45, 2.75) is 33.4 Å². The largest absolute Gasteiger partial charge is 0.357 e. The molecule has 0 saturated carbocycles. The molecule has 116 valence electrons. The van der Waals surface area contributed by atoms with E-state index >= 15 is 0 Å². The summed E-state index contributed by atoms with van der Waals surface area (Å²) in [4.78, 5) is 17.9. The first kappa shape index (κ1) is 21.3. The predicted octanol–water partition coefficient (Wildman–Crippen LogP) is 1.73. The number of carbonyl (C=O) groups is 1. The Hall–Kier alpha value is -1.04. The van der Waals surface area contributed by atoms with Crippen molar-refractivity contribution in [1.82, 2.24) is 10.3 Å². The van der Waals surface area contributed by atoms with E-state index in [9.17, 15) is 4.79 Å². The number of nitrogens with zero attached hydrogens (tertiary/aromatic N) is 2. The number of hydrogen-bond donors (Lipinski definition) is 2. The van der Waals surface area contributed by atoms with E-state index in [0.29, 0.717) is 6.54 Å². The maximum absolute atomic E-state index is 11.3. The van der Waals surface area contributed by atoms with Crippen LogP contribution in [-0.4, -0.2) is 30.0 Å². The van der Waals surface area contributed by atoms with Gasteiger partial charge < -0.3 is 16.0 Å². The molecule has 0 aliphatic carbocycles. The van der Waals surface area contributed by atoms with Crippen LogP contribution in [0.25, 0.3) is 0 Å². The normalized spacial score (nSPS) is 10.8. The molecule has 5 nitrogen and oxygen atoms in total. The third-order valence-corrected chi connectivity index (χ3v) is 2.78. The SMILES string of the molecule is CCN(CC)c1ccc(CNC(=O)[C@@H](C)N)cn1.Cl.Cl. The van der Waals surface area contributed by atoms with Crippen molar-refractivity contribution >= 4 is 36.5 Å². The summed E-state index contributed by atoms with van der Waals surface area (Å²) in [5.41, 5.74) is 6.44. The average molecular weight is 323 g/mol. The zero-order valence-electron chi connectivity index (χ0n) is 12.1. The third-order valence-electron chi connectivity index (χ3n) is 2.78. The van der Waals surface area contributed by atoms with Crippen molar-refractivity contribution in [3.63, 3.8) is 0 Å². The molecule has 1 aromatic heterocycles. The summed E-state index contributed by atoms with van der Waals surface area (Å²) in [6.07, 6.45) is 1.79. The molecule has 7 heteroatoms. The van der Waals surface area contributed by atoms with Crippen LogP contribution in [0.5, 0.6) is 0 Å². The molecule has 0 saturated heterocycles. The molecule has 0 bridgehead atoms. The molecule has 1 heterocycles. The highest BCUT2D eigenvalue weighted by Gasteiger charge is 2.07. The highest BCUT2D eigenvalue weighted by atomic mass is 35.5. The van der Waals surface area contributed by atoms with Crippen molar-refractivity contribution in [2.75, 3.05) is 18.0 Å². The van der Waals surface area contributed by atoms with Crippen LogP contribution in [0, 0.1) is 0 Å². The summed E-state index contributed by atoms with van der Waals surface area (Å²) >= 11 is 0. The summed E-state index contributed by atoms with van der Waals surface area (Å²) in [5.74, 6) is 0.810. The van der Waals surface area contributed by atoms with Gasteiger partial charge in [0, 0.05) is 25.8 Å². The number of carbonyl (C=O) groups excluding carboxylic acids is 1. The van der Waals surface area contributed by atoms with Crippen LogP contribution < -0.4 is 16.0 Å². The molecule has 1 amide bonds. The van der Waals surface area contributed by atoms with Crippen LogP contribution in [0.4, 0.5) is 5.82 Å². The van der Waals surface area contributed by atoms with E-state index < -0.39 is 6.04 Å². The van der Waals surface area contributed by atoms with Gasteiger partial charge in [-0.2, -0.15) is 0 Å². The van der Waals surface area contributed by atoms with Crippen molar-refractivity contribution in [2.24, 2.45) is 5.73 Å². The summed E-state index contributed by atoms with van der Waals surface area (Å²) in [7, 11) is 0. The lowest BCUT2D eigenvalue weighted by Gasteiger charge is -2.19. The monoisotopic (exact) mass is 322 g/mol. The van der Waals surface area contributed by atoms with E-state index in [2.05, 4.69) is 29.0 Å². The number of nitrogens with one attached hydrogen (secondary N) is 1. The summed E-state index contributed by atoms with van der Waals surface area (Å²) in [6.45, 7) is 8.20. The van der Waals surface area contributed by atoms with E-state index in [4.69, 9.17) is 5.73 Å². The van der Waals surface area contributed by atoms with Crippen molar-refractivity contribution in [1.29, 1.82) is 0 Å². The van der Waals surface area contributed by atoms with Crippen LogP contribution in [0.3, 0.4) is 0 Å². The molecular formula is C13H24Cl2N4O. The molecule has 0 aliphatic rings. The zero-order valence-corrected chi connectivity index (χ0v) is 13.8. The van der Waals surface area contributed by atoms with Crippen LogP contribution >= 0.6 is 24.8 Å². The number of hydrogen-bond acceptors (Lipinski definition) is 4. The molecule has 1 atom stereocenters. The minimum atomic E-state index is -0.479. The lowest BCUT2D eigenvalue weighted by molar-refractivity contribution is -0.122. The van der Waals surface area contributed by atoms with Gasteiger partial charge in [0.15, 0.2) is 0 Å². The van der Waals surface area contributed by atoms with Gasteiger partial charge in [0.05, 0.1) is 6.04 Å². The van der Waals surface area contributed by atoms with Gasteiger partial charge >= 0.3 is 0 Å². The lowest BCUT2D eigenvalue weighted by Crippen LogP contribution is -2.37. The second-order valence-corrected chi connectivity index (χ2v) is 4.20. The second-order valence-electron chi connectivity index (χ2n) is 4.20. The van der Waals surface area contributed by atoms with E-state index in [0.717, 1.165) is 24.5 Å². The molecule has 0 aliphatic heterocycles. The number of pyridine rings is 1. The van der Waals surface area contributed by atoms with Gasteiger partial charge in [-0.3, -0.25) is 4.79 Å². The molecule has 0 aromatic carbocycles. The number of halogens is 2. The molecule has 0 radical (unpaired) electrons. The fourth-order valence-electron chi connectivity index (χ4n) is 1.61. The van der Waals surface area contributed by atoms with Gasteiger partial charge in [-0.05, 0) is 32.4 Å². The Morgan fingerprint density at radius 2 is 1.95 bits per heavy atom. The molecule has 3 N–H and O–H groups in total. The average Bonchev–Trinajstić information content (AvgIpc) is 2.38.